The van der Waals surface area contributed by atoms with Gasteiger partial charge in [0.05, 0.1) is 0 Å². The molecule has 0 saturated heterocycles. The summed E-state index contributed by atoms with van der Waals surface area (Å²) in [7, 11) is 3.25. The number of hydrazine groups is 1. The maximum absolute atomic E-state index is 12.4. The van der Waals surface area contributed by atoms with E-state index >= 15 is 0 Å². The molecule has 3 amide bonds. The molecule has 8 heteroatoms. The van der Waals surface area contributed by atoms with E-state index in [1.54, 1.807) is 45.3 Å². The summed E-state index contributed by atoms with van der Waals surface area (Å²) < 4.78 is 11.0. The molecule has 0 radical (unpaired) electrons. The fraction of sp³-hybridized carbons (Fsp3) is 0.190. The molecular weight excluding hydrogens is 374 g/mol. The number of nitrogens with one attached hydrogen (secondary N) is 2. The van der Waals surface area contributed by atoms with Crippen LogP contribution in [0.15, 0.2) is 52.9 Å². The smallest absolute Gasteiger partial charge is 0.305 e. The van der Waals surface area contributed by atoms with Crippen LogP contribution in [0.4, 0.5) is 0 Å². The predicted molar refractivity (Wildman–Crippen MR) is 107 cm³/mol. The standard InChI is InChI=1S/C21H21N3O5/c1-13-16-9-4-5-10-17(16)29-19(13)21(27)23-22-20(26)14-7-6-8-15(11-14)28-12-18(25)24(2)3/h4-11H,12H2,1-3H3,(H,22,26)(H,23,27). The predicted octanol–water partition coefficient (Wildman–Crippen LogP) is 2.28. The van der Waals surface area contributed by atoms with Gasteiger partial charge < -0.3 is 14.1 Å². The van der Waals surface area contributed by atoms with E-state index in [-0.39, 0.29) is 23.8 Å². The Bertz CT molecular complexity index is 1070. The lowest BCUT2D eigenvalue weighted by atomic mass is 10.1. The first kappa shape index (κ1) is 19.9. The van der Waals surface area contributed by atoms with Crippen LogP contribution in [-0.2, 0) is 4.79 Å². The molecule has 3 rings (SSSR count). The van der Waals surface area contributed by atoms with Crippen LogP contribution in [-0.4, -0.2) is 43.3 Å². The van der Waals surface area contributed by atoms with Gasteiger partial charge in [0.15, 0.2) is 12.4 Å². The van der Waals surface area contributed by atoms with Crippen LogP contribution >= 0.6 is 0 Å². The number of aryl methyl sites for hydroxylation is 1. The minimum Gasteiger partial charge on any atom is -0.484 e. The van der Waals surface area contributed by atoms with E-state index in [2.05, 4.69) is 10.9 Å². The number of amides is 3. The highest BCUT2D eigenvalue weighted by molar-refractivity contribution is 6.01. The van der Waals surface area contributed by atoms with Gasteiger partial charge in [0.2, 0.25) is 0 Å². The summed E-state index contributed by atoms with van der Waals surface area (Å²) in [6, 6.07) is 13.6. The van der Waals surface area contributed by atoms with Gasteiger partial charge in [0, 0.05) is 30.6 Å². The monoisotopic (exact) mass is 395 g/mol. The second-order valence-corrected chi connectivity index (χ2v) is 6.57. The number of rotatable bonds is 5. The molecule has 0 aliphatic heterocycles. The van der Waals surface area contributed by atoms with Crippen molar-refractivity contribution in [2.75, 3.05) is 20.7 Å². The van der Waals surface area contributed by atoms with Crippen LogP contribution < -0.4 is 15.6 Å². The topological polar surface area (TPSA) is 101 Å². The molecule has 0 bridgehead atoms. The summed E-state index contributed by atoms with van der Waals surface area (Å²) in [5.41, 5.74) is 6.25. The third-order valence-electron chi connectivity index (χ3n) is 4.30. The van der Waals surface area contributed by atoms with E-state index in [9.17, 15) is 14.4 Å². The first-order valence-electron chi connectivity index (χ1n) is 8.88. The summed E-state index contributed by atoms with van der Waals surface area (Å²) in [6.45, 7) is 1.64. The molecule has 8 nitrogen and oxygen atoms in total. The van der Waals surface area contributed by atoms with Gasteiger partial charge in [-0.15, -0.1) is 0 Å². The molecule has 0 fully saturated rings. The van der Waals surface area contributed by atoms with E-state index in [4.69, 9.17) is 9.15 Å². The first-order chi connectivity index (χ1) is 13.9. The van der Waals surface area contributed by atoms with Crippen LogP contribution in [0, 0.1) is 6.92 Å². The van der Waals surface area contributed by atoms with Crippen molar-refractivity contribution in [2.45, 2.75) is 6.92 Å². The van der Waals surface area contributed by atoms with Crippen molar-refractivity contribution in [3.63, 3.8) is 0 Å². The van der Waals surface area contributed by atoms with Crippen molar-refractivity contribution in [3.8, 4) is 5.75 Å². The second-order valence-electron chi connectivity index (χ2n) is 6.57. The fourth-order valence-electron chi connectivity index (χ4n) is 2.63. The highest BCUT2D eigenvalue weighted by atomic mass is 16.5. The summed E-state index contributed by atoms with van der Waals surface area (Å²) >= 11 is 0. The third-order valence-corrected chi connectivity index (χ3v) is 4.30. The van der Waals surface area contributed by atoms with Crippen molar-refractivity contribution in [3.05, 3.63) is 65.4 Å². The lowest BCUT2D eigenvalue weighted by Gasteiger charge is -2.12. The summed E-state index contributed by atoms with van der Waals surface area (Å²) in [6.07, 6.45) is 0. The Kier molecular flexibility index (Phi) is 5.82. The molecule has 0 aliphatic rings. The number of para-hydroxylation sites is 1. The van der Waals surface area contributed by atoms with Crippen molar-refractivity contribution in [1.82, 2.24) is 15.8 Å². The molecule has 0 spiro atoms. The Hall–Kier alpha value is -3.81. The highest BCUT2D eigenvalue weighted by Crippen LogP contribution is 2.24. The van der Waals surface area contributed by atoms with Crippen molar-refractivity contribution in [1.29, 1.82) is 0 Å². The number of ether oxygens (including phenoxy) is 1. The fourth-order valence-corrected chi connectivity index (χ4v) is 2.63. The van der Waals surface area contributed by atoms with Crippen LogP contribution in [0.5, 0.6) is 5.75 Å². The Morgan fingerprint density at radius 2 is 1.72 bits per heavy atom. The van der Waals surface area contributed by atoms with Gasteiger partial charge in [0.25, 0.3) is 11.8 Å². The van der Waals surface area contributed by atoms with E-state index in [1.807, 2.05) is 18.2 Å². The van der Waals surface area contributed by atoms with Gasteiger partial charge in [-0.1, -0.05) is 24.3 Å². The van der Waals surface area contributed by atoms with Crippen LogP contribution in [0.1, 0.15) is 26.5 Å². The maximum atomic E-state index is 12.4. The molecule has 1 heterocycles. The van der Waals surface area contributed by atoms with Gasteiger partial charge >= 0.3 is 5.91 Å². The third kappa shape index (κ3) is 4.55. The van der Waals surface area contributed by atoms with Crippen LogP contribution in [0.3, 0.4) is 0 Å². The highest BCUT2D eigenvalue weighted by Gasteiger charge is 2.18. The number of furan rings is 1. The average molecular weight is 395 g/mol. The van der Waals surface area contributed by atoms with Gasteiger partial charge in [-0.05, 0) is 31.2 Å². The number of carbonyl (C=O) groups is 3. The molecule has 2 aromatic carbocycles. The van der Waals surface area contributed by atoms with E-state index in [0.29, 0.717) is 16.9 Å². The van der Waals surface area contributed by atoms with Crippen molar-refractivity contribution in [2.24, 2.45) is 0 Å². The van der Waals surface area contributed by atoms with E-state index in [1.165, 1.54) is 11.0 Å². The second kappa shape index (κ2) is 8.47. The number of hydrogen-bond acceptors (Lipinski definition) is 5. The number of nitrogens with zero attached hydrogens (tertiary/aromatic N) is 1. The van der Waals surface area contributed by atoms with Crippen LogP contribution in [0.25, 0.3) is 11.0 Å². The van der Waals surface area contributed by atoms with E-state index < -0.39 is 11.8 Å². The minimum atomic E-state index is -0.559. The molecule has 2 N–H and O–H groups in total. The number of benzene rings is 2. The summed E-state index contributed by atoms with van der Waals surface area (Å²) in [5, 5.41) is 0.834. The molecule has 29 heavy (non-hydrogen) atoms. The van der Waals surface area contributed by atoms with Crippen LogP contribution in [0.2, 0.25) is 0 Å². The van der Waals surface area contributed by atoms with Gasteiger partial charge in [0.1, 0.15) is 11.3 Å². The molecule has 0 unspecified atom stereocenters. The van der Waals surface area contributed by atoms with Crippen molar-refractivity contribution >= 4 is 28.7 Å². The normalized spacial score (nSPS) is 10.4. The number of carbonyl (C=O) groups excluding carboxylic acids is 3. The quantitative estimate of drug-likeness (QED) is 0.646. The zero-order valence-electron chi connectivity index (χ0n) is 16.3. The average Bonchev–Trinajstić information content (AvgIpc) is 3.07. The molecule has 1 aromatic heterocycles. The maximum Gasteiger partial charge on any atom is 0.305 e. The Labute approximate surface area is 167 Å². The zero-order valence-corrected chi connectivity index (χ0v) is 16.3. The Balaban J connectivity index is 1.63. The molecule has 0 aliphatic carbocycles. The number of fused-ring (bicyclic) bond motifs is 1. The molecular formula is C21H21N3O5. The minimum absolute atomic E-state index is 0.130. The van der Waals surface area contributed by atoms with Crippen molar-refractivity contribution < 1.29 is 23.5 Å². The van der Waals surface area contributed by atoms with E-state index in [0.717, 1.165) is 5.39 Å². The number of hydrogen-bond donors (Lipinski definition) is 2. The Morgan fingerprint density at radius 1 is 1.00 bits per heavy atom. The van der Waals surface area contributed by atoms with Gasteiger partial charge in [-0.3, -0.25) is 25.2 Å². The van der Waals surface area contributed by atoms with Gasteiger partial charge in [-0.2, -0.15) is 0 Å². The van der Waals surface area contributed by atoms with Gasteiger partial charge in [-0.25, -0.2) is 0 Å². The summed E-state index contributed by atoms with van der Waals surface area (Å²) in [4.78, 5) is 37.8. The number of likely N-dealkylation sites (N-methyl/N-ethyl adjacent to an activating group) is 1. The largest absolute Gasteiger partial charge is 0.484 e. The zero-order chi connectivity index (χ0) is 21.0. The molecule has 3 aromatic rings. The molecule has 150 valence electrons. The first-order valence-corrected chi connectivity index (χ1v) is 8.88. The SMILES string of the molecule is Cc1c(C(=O)NNC(=O)c2cccc(OCC(=O)N(C)C)c2)oc2ccccc12. The lowest BCUT2D eigenvalue weighted by molar-refractivity contribution is -0.130. The lowest BCUT2D eigenvalue weighted by Crippen LogP contribution is -2.41. The molecule has 0 saturated carbocycles. The summed E-state index contributed by atoms with van der Waals surface area (Å²) in [5.74, 6) is -0.793. The molecule has 0 atom stereocenters. The Morgan fingerprint density at radius 3 is 2.45 bits per heavy atom.